The van der Waals surface area contributed by atoms with E-state index in [-0.39, 0.29) is 23.8 Å². The van der Waals surface area contributed by atoms with E-state index in [1.54, 1.807) is 6.92 Å². The number of carbonyl (C=O) groups excluding carboxylic acids is 1. The molecule has 2 unspecified atom stereocenters. The summed E-state index contributed by atoms with van der Waals surface area (Å²) in [5, 5.41) is 2.93. The van der Waals surface area contributed by atoms with Gasteiger partial charge in [0.05, 0.1) is 0 Å². The van der Waals surface area contributed by atoms with E-state index in [0.717, 1.165) is 25.8 Å². The number of aryl methyl sites for hydroxylation is 1. The maximum absolute atomic E-state index is 12.0. The maximum Gasteiger partial charge on any atom is 0.407 e. The summed E-state index contributed by atoms with van der Waals surface area (Å²) in [7, 11) is 0. The smallest absolute Gasteiger partial charge is 0.407 e. The monoisotopic (exact) mass is 336 g/mol. The van der Waals surface area contributed by atoms with E-state index < -0.39 is 0 Å². The minimum Gasteiger partial charge on any atom is -0.447 e. The van der Waals surface area contributed by atoms with Crippen molar-refractivity contribution in [2.75, 3.05) is 18.0 Å². The number of aromatic amines is 1. The zero-order valence-corrected chi connectivity index (χ0v) is 15.0. The first kappa shape index (κ1) is 18.3. The number of hydrogen-bond acceptors (Lipinski definition) is 5. The number of anilines is 1. The Hall–Kier alpha value is -2.05. The molecule has 0 radical (unpaired) electrons. The van der Waals surface area contributed by atoms with Crippen LogP contribution in [0.1, 0.15) is 45.7 Å². The Morgan fingerprint density at radius 2 is 2.25 bits per heavy atom. The summed E-state index contributed by atoms with van der Waals surface area (Å²) in [6.45, 7) is 9.34. The molecule has 2 N–H and O–H groups in total. The molecule has 0 spiro atoms. The highest BCUT2D eigenvalue weighted by Crippen LogP contribution is 2.16. The first-order valence-electron chi connectivity index (χ1n) is 8.63. The van der Waals surface area contributed by atoms with Crippen molar-refractivity contribution in [2.45, 2.75) is 59.1 Å². The molecule has 1 saturated heterocycles. The number of nitrogens with zero attached hydrogens (tertiary/aromatic N) is 2. The van der Waals surface area contributed by atoms with E-state index in [0.29, 0.717) is 24.1 Å². The van der Waals surface area contributed by atoms with Gasteiger partial charge in [0, 0.05) is 30.9 Å². The number of nitrogens with one attached hydrogen (secondary N) is 2. The summed E-state index contributed by atoms with van der Waals surface area (Å²) in [6.07, 6.45) is 2.18. The Labute approximate surface area is 142 Å². The van der Waals surface area contributed by atoms with Gasteiger partial charge in [0.15, 0.2) is 0 Å². The van der Waals surface area contributed by atoms with Crippen LogP contribution in [0.3, 0.4) is 0 Å². The molecule has 1 aromatic rings. The largest absolute Gasteiger partial charge is 0.447 e. The van der Waals surface area contributed by atoms with Gasteiger partial charge in [-0.3, -0.25) is 9.78 Å². The van der Waals surface area contributed by atoms with Gasteiger partial charge >= 0.3 is 6.09 Å². The minimum atomic E-state index is -0.374. The van der Waals surface area contributed by atoms with Crippen LogP contribution in [-0.4, -0.2) is 41.3 Å². The van der Waals surface area contributed by atoms with Crippen LogP contribution < -0.4 is 15.8 Å². The van der Waals surface area contributed by atoms with Gasteiger partial charge in [-0.25, -0.2) is 9.78 Å². The normalized spacial score (nSPS) is 19.2. The van der Waals surface area contributed by atoms with E-state index >= 15 is 0 Å². The second kappa shape index (κ2) is 8.17. The molecule has 1 aliphatic heterocycles. The lowest BCUT2D eigenvalue weighted by atomic mass is 10.1. The van der Waals surface area contributed by atoms with Crippen LogP contribution in [0.2, 0.25) is 0 Å². The number of alkyl carbamates (subject to hydrolysis) is 1. The summed E-state index contributed by atoms with van der Waals surface area (Å²) < 4.78 is 5.40. The third kappa shape index (κ3) is 5.54. The molecule has 0 aromatic carbocycles. The number of hydrogen-bond donors (Lipinski definition) is 2. The second-order valence-electron chi connectivity index (χ2n) is 6.99. The number of H-pyrrole nitrogens is 1. The molecule has 7 nitrogen and oxygen atoms in total. The molecule has 1 aliphatic rings. The molecule has 1 fully saturated rings. The lowest BCUT2D eigenvalue weighted by Crippen LogP contribution is -2.49. The second-order valence-corrected chi connectivity index (χ2v) is 6.99. The highest BCUT2D eigenvalue weighted by molar-refractivity contribution is 5.68. The molecule has 2 rings (SSSR count). The fourth-order valence-electron chi connectivity index (χ4n) is 3.10. The van der Waals surface area contributed by atoms with E-state index in [9.17, 15) is 9.59 Å². The van der Waals surface area contributed by atoms with Crippen molar-refractivity contribution in [3.63, 3.8) is 0 Å². The summed E-state index contributed by atoms with van der Waals surface area (Å²) in [4.78, 5) is 32.8. The number of rotatable bonds is 5. The third-order valence-corrected chi connectivity index (χ3v) is 4.01. The van der Waals surface area contributed by atoms with E-state index in [4.69, 9.17) is 4.74 Å². The van der Waals surface area contributed by atoms with Crippen molar-refractivity contribution < 1.29 is 9.53 Å². The summed E-state index contributed by atoms with van der Waals surface area (Å²) in [5.74, 6) is 1.05. The standard InChI is InChI=1S/C17H28N4O3/c1-11(2)8-13(4)24-17(23)19-14-6-5-7-21(10-14)16-18-12(3)9-15(22)20-16/h9,11,13-14H,5-8,10H2,1-4H3,(H,19,23)(H,18,20,22). The van der Waals surface area contributed by atoms with Crippen LogP contribution in [0, 0.1) is 12.8 Å². The van der Waals surface area contributed by atoms with Crippen LogP contribution >= 0.6 is 0 Å². The molecule has 134 valence electrons. The van der Waals surface area contributed by atoms with Crippen molar-refractivity contribution in [1.82, 2.24) is 15.3 Å². The molecular weight excluding hydrogens is 308 g/mol. The van der Waals surface area contributed by atoms with Gasteiger partial charge in [-0.2, -0.15) is 0 Å². The predicted molar refractivity (Wildman–Crippen MR) is 93.4 cm³/mol. The van der Waals surface area contributed by atoms with E-state index in [1.807, 2.05) is 11.8 Å². The van der Waals surface area contributed by atoms with Crippen molar-refractivity contribution in [3.05, 3.63) is 22.1 Å². The van der Waals surface area contributed by atoms with Gasteiger partial charge in [-0.05, 0) is 39.0 Å². The first-order chi connectivity index (χ1) is 11.3. The van der Waals surface area contributed by atoms with E-state index in [2.05, 4.69) is 29.1 Å². The number of amides is 1. The molecule has 0 bridgehead atoms. The van der Waals surface area contributed by atoms with Crippen molar-refractivity contribution in [3.8, 4) is 0 Å². The molecule has 24 heavy (non-hydrogen) atoms. The maximum atomic E-state index is 12.0. The van der Waals surface area contributed by atoms with Gasteiger partial charge in [-0.1, -0.05) is 13.8 Å². The number of ether oxygens (including phenoxy) is 1. The Kier molecular flexibility index (Phi) is 6.23. The number of aromatic nitrogens is 2. The van der Waals surface area contributed by atoms with Crippen LogP contribution in [0.25, 0.3) is 0 Å². The minimum absolute atomic E-state index is 0.0108. The Balaban J connectivity index is 1.91. The van der Waals surface area contributed by atoms with Crippen LogP contribution in [-0.2, 0) is 4.74 Å². The lowest BCUT2D eigenvalue weighted by Gasteiger charge is -2.33. The molecule has 1 aromatic heterocycles. The summed E-state index contributed by atoms with van der Waals surface area (Å²) in [5.41, 5.74) is 0.528. The molecule has 2 heterocycles. The topological polar surface area (TPSA) is 87.3 Å². The van der Waals surface area contributed by atoms with Crippen LogP contribution in [0.5, 0.6) is 0 Å². The van der Waals surface area contributed by atoms with Crippen LogP contribution in [0.15, 0.2) is 10.9 Å². The van der Waals surface area contributed by atoms with Gasteiger partial charge < -0.3 is 15.0 Å². The van der Waals surface area contributed by atoms with Crippen molar-refractivity contribution >= 4 is 12.0 Å². The average Bonchev–Trinajstić information content (AvgIpc) is 2.45. The zero-order chi connectivity index (χ0) is 17.7. The highest BCUT2D eigenvalue weighted by atomic mass is 16.6. The summed E-state index contributed by atoms with van der Waals surface area (Å²) in [6, 6.07) is 1.46. The quantitative estimate of drug-likeness (QED) is 0.861. The molecule has 2 atom stereocenters. The molecule has 0 aliphatic carbocycles. The molecule has 1 amide bonds. The third-order valence-electron chi connectivity index (χ3n) is 4.01. The number of carbonyl (C=O) groups is 1. The van der Waals surface area contributed by atoms with Gasteiger partial charge in [0.25, 0.3) is 5.56 Å². The fourth-order valence-corrected chi connectivity index (χ4v) is 3.10. The lowest BCUT2D eigenvalue weighted by molar-refractivity contribution is 0.0917. The Morgan fingerprint density at radius 3 is 2.92 bits per heavy atom. The van der Waals surface area contributed by atoms with Gasteiger partial charge in [0.1, 0.15) is 6.10 Å². The predicted octanol–water partition coefficient (Wildman–Crippen LogP) is 2.21. The highest BCUT2D eigenvalue weighted by Gasteiger charge is 2.24. The summed E-state index contributed by atoms with van der Waals surface area (Å²) >= 11 is 0. The van der Waals surface area contributed by atoms with Crippen molar-refractivity contribution in [2.24, 2.45) is 5.92 Å². The van der Waals surface area contributed by atoms with Gasteiger partial charge in [-0.15, -0.1) is 0 Å². The number of piperidine rings is 1. The molecular formula is C17H28N4O3. The zero-order valence-electron chi connectivity index (χ0n) is 15.0. The average molecular weight is 336 g/mol. The van der Waals surface area contributed by atoms with Gasteiger partial charge in [0.2, 0.25) is 5.95 Å². The first-order valence-corrected chi connectivity index (χ1v) is 8.63. The molecule has 0 saturated carbocycles. The molecule has 7 heteroatoms. The SMILES string of the molecule is Cc1cc(=O)[nH]c(N2CCCC(NC(=O)OC(C)CC(C)C)C2)n1. The van der Waals surface area contributed by atoms with E-state index in [1.165, 1.54) is 6.07 Å². The van der Waals surface area contributed by atoms with Crippen molar-refractivity contribution in [1.29, 1.82) is 0 Å². The fraction of sp³-hybridized carbons (Fsp3) is 0.706. The van der Waals surface area contributed by atoms with Crippen LogP contribution in [0.4, 0.5) is 10.7 Å². The Morgan fingerprint density at radius 1 is 1.50 bits per heavy atom. The Bertz CT molecular complexity index is 614.